The molecule has 1 aliphatic carbocycles. The number of fused-ring (bicyclic) bond motifs is 1. The van der Waals surface area contributed by atoms with Crippen LogP contribution in [0.3, 0.4) is 0 Å². The van der Waals surface area contributed by atoms with E-state index in [9.17, 15) is 12.8 Å². The zero-order chi connectivity index (χ0) is 15.0. The summed E-state index contributed by atoms with van der Waals surface area (Å²) in [6.45, 7) is 1.12. The predicted molar refractivity (Wildman–Crippen MR) is 79.4 cm³/mol. The van der Waals surface area contributed by atoms with Crippen molar-refractivity contribution in [1.82, 2.24) is 4.31 Å². The number of nitrogens with zero attached hydrogens (tertiary/aromatic N) is 1. The van der Waals surface area contributed by atoms with Gasteiger partial charge in [0.2, 0.25) is 10.0 Å². The molecule has 0 amide bonds. The zero-order valence-corrected chi connectivity index (χ0v) is 12.7. The summed E-state index contributed by atoms with van der Waals surface area (Å²) < 4.78 is 39.5. The highest BCUT2D eigenvalue weighted by atomic mass is 32.2. The lowest BCUT2D eigenvalue weighted by Gasteiger charge is -2.29. The van der Waals surface area contributed by atoms with Crippen LogP contribution in [0.25, 0.3) is 0 Å². The Hall–Kier alpha value is -0.980. The van der Waals surface area contributed by atoms with Crippen LogP contribution in [0.15, 0.2) is 24.3 Å². The Morgan fingerprint density at radius 1 is 1.19 bits per heavy atom. The Morgan fingerprint density at radius 2 is 1.90 bits per heavy atom. The van der Waals surface area contributed by atoms with Gasteiger partial charge in [0.05, 0.1) is 5.75 Å². The first kappa shape index (κ1) is 14.9. The Balaban J connectivity index is 1.72. The number of rotatable bonds is 3. The topological polar surface area (TPSA) is 63.4 Å². The van der Waals surface area contributed by atoms with Crippen LogP contribution in [-0.4, -0.2) is 31.9 Å². The number of halogens is 1. The van der Waals surface area contributed by atoms with Crippen LogP contribution in [0.4, 0.5) is 4.39 Å². The minimum Gasteiger partial charge on any atom is -0.327 e. The zero-order valence-electron chi connectivity index (χ0n) is 11.9. The summed E-state index contributed by atoms with van der Waals surface area (Å²) in [7, 11) is -3.35. The quantitative estimate of drug-likeness (QED) is 0.924. The van der Waals surface area contributed by atoms with Crippen molar-refractivity contribution in [3.63, 3.8) is 0 Å². The fraction of sp³-hybridized carbons (Fsp3) is 0.600. The monoisotopic (exact) mass is 312 g/mol. The molecule has 0 radical (unpaired) electrons. The third kappa shape index (κ3) is 3.12. The van der Waals surface area contributed by atoms with Gasteiger partial charge in [-0.2, -0.15) is 0 Å². The summed E-state index contributed by atoms with van der Waals surface area (Å²) in [5.41, 5.74) is 6.75. The van der Waals surface area contributed by atoms with E-state index >= 15 is 0 Å². The van der Waals surface area contributed by atoms with Crippen molar-refractivity contribution in [1.29, 1.82) is 0 Å². The van der Waals surface area contributed by atoms with Crippen LogP contribution < -0.4 is 5.73 Å². The van der Waals surface area contributed by atoms with E-state index in [0.29, 0.717) is 30.5 Å². The van der Waals surface area contributed by atoms with Gasteiger partial charge in [-0.1, -0.05) is 18.6 Å². The first-order valence-electron chi connectivity index (χ1n) is 7.43. The molecule has 1 saturated heterocycles. The standard InChI is InChI=1S/C15H21FN2O2S/c16-13-6-4-11(5-7-13)10-21(19,20)18-8-12-2-1-3-15(17)14(12)9-18/h4-7,12,14-15H,1-3,8-10,17H2. The highest BCUT2D eigenvalue weighted by Gasteiger charge is 2.42. The summed E-state index contributed by atoms with van der Waals surface area (Å²) in [6.07, 6.45) is 3.15. The largest absolute Gasteiger partial charge is 0.327 e. The molecule has 4 nitrogen and oxygen atoms in total. The molecule has 1 aliphatic heterocycles. The molecule has 6 heteroatoms. The molecule has 0 spiro atoms. The Morgan fingerprint density at radius 3 is 2.57 bits per heavy atom. The van der Waals surface area contributed by atoms with Crippen LogP contribution in [0.5, 0.6) is 0 Å². The minimum atomic E-state index is -3.35. The van der Waals surface area contributed by atoms with Gasteiger partial charge in [0.25, 0.3) is 0 Å². The maximum Gasteiger partial charge on any atom is 0.218 e. The van der Waals surface area contributed by atoms with Gasteiger partial charge < -0.3 is 5.73 Å². The molecule has 3 rings (SSSR count). The molecule has 3 unspecified atom stereocenters. The van der Waals surface area contributed by atoms with Crippen molar-refractivity contribution in [3.8, 4) is 0 Å². The second-order valence-electron chi connectivity index (χ2n) is 6.22. The van der Waals surface area contributed by atoms with E-state index in [4.69, 9.17) is 5.73 Å². The first-order valence-corrected chi connectivity index (χ1v) is 9.04. The molecule has 116 valence electrons. The third-order valence-electron chi connectivity index (χ3n) is 4.78. The van der Waals surface area contributed by atoms with Gasteiger partial charge in [-0.25, -0.2) is 17.1 Å². The second-order valence-corrected chi connectivity index (χ2v) is 8.19. The van der Waals surface area contributed by atoms with E-state index in [1.807, 2.05) is 0 Å². The normalized spacial score (nSPS) is 30.3. The van der Waals surface area contributed by atoms with E-state index in [1.54, 1.807) is 4.31 Å². The number of hydrogen-bond acceptors (Lipinski definition) is 3. The first-order chi connectivity index (χ1) is 9.95. The SMILES string of the molecule is NC1CCCC2CN(S(=O)(=O)Cc3ccc(F)cc3)CC12. The van der Waals surface area contributed by atoms with E-state index in [0.717, 1.165) is 19.3 Å². The van der Waals surface area contributed by atoms with E-state index in [2.05, 4.69) is 0 Å². The molecule has 2 N–H and O–H groups in total. The van der Waals surface area contributed by atoms with Gasteiger partial charge in [-0.3, -0.25) is 0 Å². The van der Waals surface area contributed by atoms with Crippen molar-refractivity contribution in [2.75, 3.05) is 13.1 Å². The maximum absolute atomic E-state index is 12.9. The minimum absolute atomic E-state index is 0.0675. The predicted octanol–water partition coefficient (Wildman–Crippen LogP) is 1.71. The lowest BCUT2D eigenvalue weighted by atomic mass is 9.78. The summed E-state index contributed by atoms with van der Waals surface area (Å²) in [5, 5.41) is 0. The van der Waals surface area contributed by atoms with Gasteiger partial charge in [0.15, 0.2) is 0 Å². The molecule has 1 saturated carbocycles. The summed E-state index contributed by atoms with van der Waals surface area (Å²) in [6, 6.07) is 5.77. The van der Waals surface area contributed by atoms with E-state index in [-0.39, 0.29) is 17.6 Å². The molecule has 1 heterocycles. The van der Waals surface area contributed by atoms with Crippen molar-refractivity contribution < 1.29 is 12.8 Å². The van der Waals surface area contributed by atoms with Crippen LogP contribution in [-0.2, 0) is 15.8 Å². The van der Waals surface area contributed by atoms with Crippen LogP contribution >= 0.6 is 0 Å². The summed E-state index contributed by atoms with van der Waals surface area (Å²) in [5.74, 6) is 0.273. The molecular formula is C15H21FN2O2S. The number of hydrogen-bond donors (Lipinski definition) is 1. The van der Waals surface area contributed by atoms with E-state index < -0.39 is 10.0 Å². The average molecular weight is 312 g/mol. The highest BCUT2D eigenvalue weighted by molar-refractivity contribution is 7.88. The molecule has 1 aromatic rings. The fourth-order valence-corrected chi connectivity index (χ4v) is 5.20. The lowest BCUT2D eigenvalue weighted by Crippen LogP contribution is -2.38. The maximum atomic E-state index is 12.9. The van der Waals surface area contributed by atoms with Crippen LogP contribution in [0.2, 0.25) is 0 Å². The third-order valence-corrected chi connectivity index (χ3v) is 6.56. The highest BCUT2D eigenvalue weighted by Crippen LogP contribution is 2.37. The Labute approximate surface area is 125 Å². The molecule has 21 heavy (non-hydrogen) atoms. The van der Waals surface area contributed by atoms with Crippen LogP contribution in [0.1, 0.15) is 24.8 Å². The van der Waals surface area contributed by atoms with Crippen molar-refractivity contribution in [3.05, 3.63) is 35.6 Å². The number of sulfonamides is 1. The molecule has 2 aliphatic rings. The van der Waals surface area contributed by atoms with Crippen molar-refractivity contribution >= 4 is 10.0 Å². The average Bonchev–Trinajstić information content (AvgIpc) is 2.88. The molecule has 1 aromatic carbocycles. The lowest BCUT2D eigenvalue weighted by molar-refractivity contribution is 0.260. The van der Waals surface area contributed by atoms with Gasteiger partial charge in [0, 0.05) is 19.1 Å². The number of benzene rings is 1. The van der Waals surface area contributed by atoms with Gasteiger partial charge >= 0.3 is 0 Å². The van der Waals surface area contributed by atoms with Gasteiger partial charge in [-0.15, -0.1) is 0 Å². The molecule has 2 fully saturated rings. The van der Waals surface area contributed by atoms with Gasteiger partial charge in [0.1, 0.15) is 5.82 Å². The van der Waals surface area contributed by atoms with Crippen molar-refractivity contribution in [2.45, 2.75) is 31.1 Å². The van der Waals surface area contributed by atoms with E-state index in [1.165, 1.54) is 24.3 Å². The van der Waals surface area contributed by atoms with Gasteiger partial charge in [-0.05, 0) is 42.4 Å². The molecule has 0 bridgehead atoms. The smallest absolute Gasteiger partial charge is 0.218 e. The number of nitrogens with two attached hydrogens (primary N) is 1. The van der Waals surface area contributed by atoms with Crippen LogP contribution in [0, 0.1) is 17.7 Å². The molecule has 0 aromatic heterocycles. The summed E-state index contributed by atoms with van der Waals surface area (Å²) >= 11 is 0. The Kier molecular flexibility index (Phi) is 4.03. The Bertz CT molecular complexity index is 603. The molecule has 3 atom stereocenters. The second kappa shape index (κ2) is 5.66. The fourth-order valence-electron chi connectivity index (χ4n) is 3.59. The van der Waals surface area contributed by atoms with Crippen molar-refractivity contribution in [2.24, 2.45) is 17.6 Å². The molecular weight excluding hydrogens is 291 g/mol. The summed E-state index contributed by atoms with van der Waals surface area (Å²) in [4.78, 5) is 0.